The summed E-state index contributed by atoms with van der Waals surface area (Å²) in [6, 6.07) is 5.41. The van der Waals surface area contributed by atoms with E-state index >= 15 is 0 Å². The SMILES string of the molecule is CC(C)C1CN=C(Nc2cc(Cl)cc(Cl)c2)S1. The number of aliphatic imine (C=N–C) groups is 1. The Morgan fingerprint density at radius 3 is 2.47 bits per heavy atom. The van der Waals surface area contributed by atoms with Crippen LogP contribution in [-0.4, -0.2) is 17.0 Å². The first-order valence-electron chi connectivity index (χ1n) is 5.49. The molecule has 0 fully saturated rings. The fraction of sp³-hybridized carbons (Fsp3) is 0.417. The van der Waals surface area contributed by atoms with Crippen LogP contribution in [0.25, 0.3) is 0 Å². The smallest absolute Gasteiger partial charge is 0.161 e. The number of anilines is 1. The molecule has 0 radical (unpaired) electrons. The standard InChI is InChI=1S/C12H14Cl2N2S/c1-7(2)11-6-15-12(17-11)16-10-4-8(13)3-9(14)5-10/h3-5,7,11H,6H2,1-2H3,(H,15,16). The molecule has 1 aromatic carbocycles. The Balaban J connectivity index is 2.03. The fourth-order valence-electron chi connectivity index (χ4n) is 1.56. The zero-order valence-electron chi connectivity index (χ0n) is 9.71. The average Bonchev–Trinajstić information content (AvgIpc) is 2.64. The van der Waals surface area contributed by atoms with Gasteiger partial charge in [-0.15, -0.1) is 0 Å². The van der Waals surface area contributed by atoms with Crippen LogP contribution < -0.4 is 5.32 Å². The van der Waals surface area contributed by atoms with Gasteiger partial charge in [0.15, 0.2) is 5.17 Å². The summed E-state index contributed by atoms with van der Waals surface area (Å²) in [5.74, 6) is 0.631. The van der Waals surface area contributed by atoms with Crippen molar-refractivity contribution in [2.45, 2.75) is 19.1 Å². The minimum absolute atomic E-state index is 0.562. The Bertz CT molecular complexity index is 426. The van der Waals surface area contributed by atoms with Crippen LogP contribution in [-0.2, 0) is 0 Å². The van der Waals surface area contributed by atoms with E-state index < -0.39 is 0 Å². The number of nitrogens with one attached hydrogen (secondary N) is 1. The predicted molar refractivity (Wildman–Crippen MR) is 78.6 cm³/mol. The molecule has 0 saturated heterocycles. The Morgan fingerprint density at radius 2 is 1.94 bits per heavy atom. The van der Waals surface area contributed by atoms with Crippen molar-refractivity contribution in [1.29, 1.82) is 0 Å². The molecular formula is C12H14Cl2N2S. The molecule has 92 valence electrons. The Morgan fingerprint density at radius 1 is 1.29 bits per heavy atom. The molecule has 1 N–H and O–H groups in total. The lowest BCUT2D eigenvalue weighted by molar-refractivity contribution is 0.621. The first kappa shape index (κ1) is 13.1. The minimum atomic E-state index is 0.562. The van der Waals surface area contributed by atoms with Gasteiger partial charge in [-0.2, -0.15) is 0 Å². The lowest BCUT2D eigenvalue weighted by atomic mass is 10.1. The summed E-state index contributed by atoms with van der Waals surface area (Å²) in [5, 5.41) is 6.02. The van der Waals surface area contributed by atoms with Crippen LogP contribution in [0.4, 0.5) is 5.69 Å². The van der Waals surface area contributed by atoms with Crippen molar-refractivity contribution in [3.05, 3.63) is 28.2 Å². The number of hydrogen-bond acceptors (Lipinski definition) is 3. The van der Waals surface area contributed by atoms with E-state index in [1.54, 1.807) is 17.8 Å². The van der Waals surface area contributed by atoms with E-state index in [1.807, 2.05) is 12.1 Å². The van der Waals surface area contributed by atoms with E-state index in [1.165, 1.54) is 0 Å². The first-order valence-corrected chi connectivity index (χ1v) is 7.12. The first-order chi connectivity index (χ1) is 8.04. The highest BCUT2D eigenvalue weighted by molar-refractivity contribution is 8.15. The maximum absolute atomic E-state index is 5.94. The zero-order valence-corrected chi connectivity index (χ0v) is 12.0. The van der Waals surface area contributed by atoms with Gasteiger partial charge >= 0.3 is 0 Å². The number of halogens is 2. The van der Waals surface area contributed by atoms with E-state index in [-0.39, 0.29) is 0 Å². The van der Waals surface area contributed by atoms with Crippen LogP contribution in [0.5, 0.6) is 0 Å². The van der Waals surface area contributed by atoms with Crippen molar-refractivity contribution in [3.63, 3.8) is 0 Å². The Kier molecular flexibility index (Phi) is 4.23. The van der Waals surface area contributed by atoms with Crippen molar-refractivity contribution in [1.82, 2.24) is 0 Å². The maximum atomic E-state index is 5.94. The summed E-state index contributed by atoms with van der Waals surface area (Å²) < 4.78 is 0. The third kappa shape index (κ3) is 3.54. The molecule has 0 aromatic heterocycles. The lowest BCUT2D eigenvalue weighted by Crippen LogP contribution is -2.13. The van der Waals surface area contributed by atoms with Gasteiger partial charge in [-0.25, -0.2) is 0 Å². The number of hydrogen-bond donors (Lipinski definition) is 1. The van der Waals surface area contributed by atoms with E-state index in [0.717, 1.165) is 17.4 Å². The molecule has 5 heteroatoms. The predicted octanol–water partition coefficient (Wildman–Crippen LogP) is 4.53. The summed E-state index contributed by atoms with van der Waals surface area (Å²) in [6.45, 7) is 5.30. The van der Waals surface area contributed by atoms with E-state index in [0.29, 0.717) is 21.2 Å². The Labute approximate surface area is 116 Å². The molecule has 0 bridgehead atoms. The molecule has 0 amide bonds. The largest absolute Gasteiger partial charge is 0.335 e. The van der Waals surface area contributed by atoms with Gasteiger partial charge in [0.05, 0.1) is 6.54 Å². The molecule has 1 aliphatic heterocycles. The summed E-state index contributed by atoms with van der Waals surface area (Å²) in [5.41, 5.74) is 0.887. The van der Waals surface area contributed by atoms with Crippen LogP contribution in [0.3, 0.4) is 0 Å². The van der Waals surface area contributed by atoms with Gasteiger partial charge in [0.1, 0.15) is 0 Å². The molecule has 17 heavy (non-hydrogen) atoms. The second-order valence-electron chi connectivity index (χ2n) is 4.33. The highest BCUT2D eigenvalue weighted by atomic mass is 35.5. The van der Waals surface area contributed by atoms with Gasteiger partial charge in [0.2, 0.25) is 0 Å². The quantitative estimate of drug-likeness (QED) is 0.864. The second kappa shape index (κ2) is 5.51. The zero-order chi connectivity index (χ0) is 12.4. The normalized spacial score (nSPS) is 19.6. The third-order valence-corrected chi connectivity index (χ3v) is 4.42. The summed E-state index contributed by atoms with van der Waals surface area (Å²) >= 11 is 13.7. The van der Waals surface area contributed by atoms with Crippen LogP contribution in [0.2, 0.25) is 10.0 Å². The van der Waals surface area contributed by atoms with Crippen LogP contribution in [0.1, 0.15) is 13.8 Å². The van der Waals surface area contributed by atoms with Crippen molar-refractivity contribution in [2.24, 2.45) is 10.9 Å². The van der Waals surface area contributed by atoms with E-state index in [4.69, 9.17) is 23.2 Å². The van der Waals surface area contributed by atoms with Crippen molar-refractivity contribution in [3.8, 4) is 0 Å². The fourth-order valence-corrected chi connectivity index (χ4v) is 3.12. The maximum Gasteiger partial charge on any atom is 0.161 e. The van der Waals surface area contributed by atoms with E-state index in [2.05, 4.69) is 24.2 Å². The summed E-state index contributed by atoms with van der Waals surface area (Å²) in [6.07, 6.45) is 0. The topological polar surface area (TPSA) is 24.4 Å². The highest BCUT2D eigenvalue weighted by Gasteiger charge is 2.22. The molecule has 1 aliphatic rings. The molecule has 2 nitrogen and oxygen atoms in total. The van der Waals surface area contributed by atoms with Crippen LogP contribution in [0, 0.1) is 5.92 Å². The number of benzene rings is 1. The molecule has 0 spiro atoms. The molecule has 0 aliphatic carbocycles. The Hall–Kier alpha value is -0.380. The van der Waals surface area contributed by atoms with Crippen molar-refractivity contribution in [2.75, 3.05) is 11.9 Å². The van der Waals surface area contributed by atoms with Crippen molar-refractivity contribution >= 4 is 45.8 Å². The molecule has 1 aromatic rings. The van der Waals surface area contributed by atoms with E-state index in [9.17, 15) is 0 Å². The van der Waals surface area contributed by atoms with Crippen LogP contribution in [0.15, 0.2) is 23.2 Å². The molecule has 0 saturated carbocycles. The minimum Gasteiger partial charge on any atom is -0.335 e. The molecule has 1 atom stereocenters. The number of nitrogens with zero attached hydrogens (tertiary/aromatic N) is 1. The number of amidine groups is 1. The van der Waals surface area contributed by atoms with Gasteiger partial charge < -0.3 is 5.32 Å². The average molecular weight is 289 g/mol. The number of rotatable bonds is 2. The molecule has 2 rings (SSSR count). The third-order valence-electron chi connectivity index (χ3n) is 2.54. The monoisotopic (exact) mass is 288 g/mol. The van der Waals surface area contributed by atoms with Gasteiger partial charge in [-0.1, -0.05) is 48.8 Å². The van der Waals surface area contributed by atoms with Gasteiger partial charge in [0.25, 0.3) is 0 Å². The van der Waals surface area contributed by atoms with Crippen LogP contribution >= 0.6 is 35.0 Å². The molecule has 1 heterocycles. The second-order valence-corrected chi connectivity index (χ2v) is 6.43. The highest BCUT2D eigenvalue weighted by Crippen LogP contribution is 2.29. The summed E-state index contributed by atoms with van der Waals surface area (Å²) in [7, 11) is 0. The lowest BCUT2D eigenvalue weighted by Gasteiger charge is -2.12. The van der Waals surface area contributed by atoms with Crippen molar-refractivity contribution < 1.29 is 0 Å². The molecule has 1 unspecified atom stereocenters. The summed E-state index contributed by atoms with van der Waals surface area (Å²) in [4.78, 5) is 4.48. The van der Waals surface area contributed by atoms with Gasteiger partial charge in [-0.3, -0.25) is 4.99 Å². The molecular weight excluding hydrogens is 275 g/mol. The van der Waals surface area contributed by atoms with Gasteiger partial charge in [0, 0.05) is 21.0 Å². The van der Waals surface area contributed by atoms with Gasteiger partial charge in [-0.05, 0) is 24.1 Å². The number of thioether (sulfide) groups is 1.